The zero-order chi connectivity index (χ0) is 29.6. The molecule has 2 aromatic heterocycles. The monoisotopic (exact) mass is 545 g/mol. The largest absolute Gasteiger partial charge is 0.444 e. The van der Waals surface area contributed by atoms with E-state index in [4.69, 9.17) is 9.47 Å². The van der Waals surface area contributed by atoms with E-state index in [1.165, 1.54) is 5.57 Å². The Kier molecular flexibility index (Phi) is 7.90. The Morgan fingerprint density at radius 2 is 1.48 bits per heavy atom. The molecule has 1 aromatic carbocycles. The number of ether oxygens (including phenoxy) is 2. The molecule has 0 N–H and O–H groups in total. The second kappa shape index (κ2) is 10.8. The molecular weight excluding hydrogens is 502 g/mol. The summed E-state index contributed by atoms with van der Waals surface area (Å²) in [6.45, 7) is 20.6. The molecule has 0 aliphatic carbocycles. The van der Waals surface area contributed by atoms with E-state index < -0.39 is 17.3 Å². The number of hydrogen-bond donors (Lipinski definition) is 0. The van der Waals surface area contributed by atoms with Crippen LogP contribution in [-0.2, 0) is 9.47 Å². The third kappa shape index (κ3) is 6.40. The molecule has 4 rings (SSSR count). The van der Waals surface area contributed by atoms with E-state index in [1.807, 2.05) is 73.6 Å². The van der Waals surface area contributed by atoms with E-state index in [-0.39, 0.29) is 12.0 Å². The summed E-state index contributed by atoms with van der Waals surface area (Å²) in [5, 5.41) is 1.02. The summed E-state index contributed by atoms with van der Waals surface area (Å²) >= 11 is 0. The Labute approximate surface area is 238 Å². The highest BCUT2D eigenvalue weighted by Crippen LogP contribution is 2.41. The highest BCUT2D eigenvalue weighted by molar-refractivity contribution is 6.01. The van der Waals surface area contributed by atoms with Gasteiger partial charge in [-0.3, -0.25) is 4.98 Å². The van der Waals surface area contributed by atoms with E-state index in [0.717, 1.165) is 51.1 Å². The van der Waals surface area contributed by atoms with Crippen LogP contribution in [0.25, 0.3) is 27.7 Å². The van der Waals surface area contributed by atoms with Crippen molar-refractivity contribution in [2.45, 2.75) is 92.8 Å². The first-order chi connectivity index (χ1) is 18.5. The van der Waals surface area contributed by atoms with Crippen LogP contribution in [-0.4, -0.2) is 50.9 Å². The molecule has 0 spiro atoms. The molecule has 0 atom stereocenters. The molecule has 0 fully saturated rings. The predicted octanol–water partition coefficient (Wildman–Crippen LogP) is 8.25. The number of pyridine rings is 1. The number of carbonyl (C=O) groups is 2. The number of benzene rings is 1. The Morgan fingerprint density at radius 3 is 2.00 bits per heavy atom. The molecular formula is C33H43N3O4. The molecule has 7 nitrogen and oxygen atoms in total. The lowest BCUT2D eigenvalue weighted by Gasteiger charge is -2.29. The normalized spacial score (nSPS) is 14.5. The average molecular weight is 546 g/mol. The van der Waals surface area contributed by atoms with Crippen molar-refractivity contribution < 1.29 is 19.1 Å². The highest BCUT2D eigenvalue weighted by atomic mass is 16.6. The lowest BCUT2D eigenvalue weighted by atomic mass is 9.93. The van der Waals surface area contributed by atoms with Gasteiger partial charge in [0.1, 0.15) is 11.2 Å². The maximum atomic E-state index is 13.7. The van der Waals surface area contributed by atoms with Crippen molar-refractivity contribution in [3.05, 3.63) is 58.9 Å². The SMILES string of the molecule is Cc1cc(-c2c(C(C)C)c3cc(C4=CCN(C(=O)OC(C)(C)C)CC4)ccc3n2C(=O)OC(C)(C)C)cc(C)n1. The predicted molar refractivity (Wildman–Crippen MR) is 161 cm³/mol. The summed E-state index contributed by atoms with van der Waals surface area (Å²) in [4.78, 5) is 32.6. The third-order valence-electron chi connectivity index (χ3n) is 6.75. The van der Waals surface area contributed by atoms with E-state index in [2.05, 4.69) is 37.0 Å². The number of hydrogen-bond acceptors (Lipinski definition) is 5. The van der Waals surface area contributed by atoms with E-state index >= 15 is 0 Å². The van der Waals surface area contributed by atoms with Gasteiger partial charge in [0.25, 0.3) is 0 Å². The van der Waals surface area contributed by atoms with Gasteiger partial charge in [-0.2, -0.15) is 0 Å². The summed E-state index contributed by atoms with van der Waals surface area (Å²) < 4.78 is 13.2. The minimum Gasteiger partial charge on any atom is -0.444 e. The maximum Gasteiger partial charge on any atom is 0.419 e. The molecule has 0 saturated heterocycles. The Hall–Kier alpha value is -3.61. The van der Waals surface area contributed by atoms with Crippen molar-refractivity contribution in [3.8, 4) is 11.3 Å². The standard InChI is InChI=1S/C33H43N3O4/c1-20(2)28-26-19-24(23-13-15-35(16-14-23)30(37)39-32(5,6)7)11-12-27(26)36(31(38)40-33(8,9)10)29(28)25-17-21(3)34-22(4)18-25/h11-13,17-20H,14-16H2,1-10H3. The first kappa shape index (κ1) is 29.4. The van der Waals surface area contributed by atoms with Crippen LogP contribution in [0.3, 0.4) is 0 Å². The van der Waals surface area contributed by atoms with Crippen molar-refractivity contribution >= 4 is 28.7 Å². The molecule has 40 heavy (non-hydrogen) atoms. The zero-order valence-corrected chi connectivity index (χ0v) is 25.6. The number of nitrogens with zero attached hydrogens (tertiary/aromatic N) is 3. The highest BCUT2D eigenvalue weighted by Gasteiger charge is 2.29. The van der Waals surface area contributed by atoms with Gasteiger partial charge in [0.2, 0.25) is 0 Å². The van der Waals surface area contributed by atoms with Crippen molar-refractivity contribution in [3.63, 3.8) is 0 Å². The summed E-state index contributed by atoms with van der Waals surface area (Å²) in [6.07, 6.45) is 2.14. The molecule has 3 heterocycles. The summed E-state index contributed by atoms with van der Waals surface area (Å²) in [6, 6.07) is 10.3. The number of rotatable bonds is 3. The molecule has 7 heteroatoms. The molecule has 214 valence electrons. The molecule has 0 bridgehead atoms. The number of aromatic nitrogens is 2. The smallest absolute Gasteiger partial charge is 0.419 e. The van der Waals surface area contributed by atoms with E-state index in [1.54, 1.807) is 9.47 Å². The van der Waals surface area contributed by atoms with Crippen LogP contribution in [0.1, 0.15) is 90.2 Å². The second-order valence-corrected chi connectivity index (χ2v) is 13.0. The van der Waals surface area contributed by atoms with Gasteiger partial charge in [0, 0.05) is 35.4 Å². The summed E-state index contributed by atoms with van der Waals surface area (Å²) in [5.41, 5.74) is 6.61. The van der Waals surface area contributed by atoms with Gasteiger partial charge in [-0.15, -0.1) is 0 Å². The van der Waals surface area contributed by atoms with Gasteiger partial charge >= 0.3 is 12.2 Å². The third-order valence-corrected chi connectivity index (χ3v) is 6.75. The molecule has 1 amide bonds. The van der Waals surface area contributed by atoms with Crippen LogP contribution in [0.4, 0.5) is 9.59 Å². The molecule has 3 aromatic rings. The van der Waals surface area contributed by atoms with Crippen LogP contribution in [0.2, 0.25) is 0 Å². The van der Waals surface area contributed by atoms with Crippen molar-refractivity contribution in [1.82, 2.24) is 14.5 Å². The quantitative estimate of drug-likeness (QED) is 0.331. The summed E-state index contributed by atoms with van der Waals surface area (Å²) in [7, 11) is 0. The molecule has 0 unspecified atom stereocenters. The number of aryl methyl sites for hydroxylation is 2. The van der Waals surface area contributed by atoms with Crippen LogP contribution in [0.15, 0.2) is 36.4 Å². The Morgan fingerprint density at radius 1 is 0.875 bits per heavy atom. The fraction of sp³-hybridized carbons (Fsp3) is 0.485. The van der Waals surface area contributed by atoms with Crippen LogP contribution >= 0.6 is 0 Å². The first-order valence-corrected chi connectivity index (χ1v) is 14.1. The van der Waals surface area contributed by atoms with Crippen LogP contribution in [0, 0.1) is 13.8 Å². The summed E-state index contributed by atoms with van der Waals surface area (Å²) in [5.74, 6) is 0.146. The van der Waals surface area contributed by atoms with Gasteiger partial charge in [-0.05, 0) is 109 Å². The fourth-order valence-corrected chi connectivity index (χ4v) is 5.28. The molecule has 1 aliphatic heterocycles. The second-order valence-electron chi connectivity index (χ2n) is 13.0. The maximum absolute atomic E-state index is 13.7. The molecule has 0 saturated carbocycles. The minimum atomic E-state index is -0.639. The number of fused-ring (bicyclic) bond motifs is 1. The van der Waals surface area contributed by atoms with Crippen molar-refractivity contribution in [2.24, 2.45) is 0 Å². The topological polar surface area (TPSA) is 73.7 Å². The average Bonchev–Trinajstić information content (AvgIpc) is 3.16. The van der Waals surface area contributed by atoms with E-state index in [0.29, 0.717) is 13.1 Å². The fourth-order valence-electron chi connectivity index (χ4n) is 5.28. The lowest BCUT2D eigenvalue weighted by Crippen LogP contribution is -2.39. The minimum absolute atomic E-state index is 0.146. The number of carbonyl (C=O) groups excluding carboxylic acids is 2. The van der Waals surface area contributed by atoms with E-state index in [9.17, 15) is 9.59 Å². The molecule has 1 aliphatic rings. The Balaban J connectivity index is 1.85. The van der Waals surface area contributed by atoms with Crippen molar-refractivity contribution in [2.75, 3.05) is 13.1 Å². The lowest BCUT2D eigenvalue weighted by molar-refractivity contribution is 0.0270. The first-order valence-electron chi connectivity index (χ1n) is 14.1. The zero-order valence-electron chi connectivity index (χ0n) is 25.6. The van der Waals surface area contributed by atoms with Gasteiger partial charge in [-0.1, -0.05) is 26.0 Å². The number of amides is 1. The Bertz CT molecular complexity index is 1460. The van der Waals surface area contributed by atoms with Crippen LogP contribution in [0.5, 0.6) is 0 Å². The van der Waals surface area contributed by atoms with Crippen LogP contribution < -0.4 is 0 Å². The molecule has 0 radical (unpaired) electrons. The van der Waals surface area contributed by atoms with Crippen molar-refractivity contribution in [1.29, 1.82) is 0 Å². The van der Waals surface area contributed by atoms with Gasteiger partial charge in [0.15, 0.2) is 0 Å². The van der Waals surface area contributed by atoms with Gasteiger partial charge in [0.05, 0.1) is 11.2 Å². The van der Waals surface area contributed by atoms with Gasteiger partial charge < -0.3 is 14.4 Å². The van der Waals surface area contributed by atoms with Gasteiger partial charge in [-0.25, -0.2) is 14.2 Å².